The van der Waals surface area contributed by atoms with Gasteiger partial charge in [-0.3, -0.25) is 0 Å². The van der Waals surface area contributed by atoms with Gasteiger partial charge in [-0.1, -0.05) is 0 Å². The van der Waals surface area contributed by atoms with Crippen molar-refractivity contribution in [3.8, 4) is 0 Å². The molecule has 17 heavy (non-hydrogen) atoms. The van der Waals surface area contributed by atoms with Crippen LogP contribution in [-0.4, -0.2) is 25.4 Å². The molecule has 0 aliphatic heterocycles. The van der Waals surface area contributed by atoms with Gasteiger partial charge in [0.2, 0.25) is 0 Å². The summed E-state index contributed by atoms with van der Waals surface area (Å²) in [5, 5.41) is 2.08. The predicted octanol–water partition coefficient (Wildman–Crippen LogP) is 2.89. The summed E-state index contributed by atoms with van der Waals surface area (Å²) in [6.07, 6.45) is 0.224. The summed E-state index contributed by atoms with van der Waals surface area (Å²) >= 11 is 1.70. The monoisotopic (exact) mass is 257 g/mol. The number of hydrogen-bond donors (Lipinski definition) is 1. The minimum Gasteiger partial charge on any atom is -0.376 e. The van der Waals surface area contributed by atoms with Gasteiger partial charge >= 0.3 is 0 Å². The number of aryl methyl sites for hydroxylation is 1. The molecule has 0 aliphatic rings. The van der Waals surface area contributed by atoms with Crippen molar-refractivity contribution in [1.29, 1.82) is 0 Å². The minimum absolute atomic E-state index is 0.00796. The normalized spacial score (nSPS) is 15.2. The summed E-state index contributed by atoms with van der Waals surface area (Å²) in [7, 11) is 0. The van der Waals surface area contributed by atoms with Gasteiger partial charge < -0.3 is 15.2 Å². The summed E-state index contributed by atoms with van der Waals surface area (Å²) in [5.41, 5.74) is 7.23. The van der Waals surface area contributed by atoms with Gasteiger partial charge in [0.25, 0.3) is 0 Å². The van der Waals surface area contributed by atoms with Crippen LogP contribution in [-0.2, 0) is 9.47 Å². The topological polar surface area (TPSA) is 44.5 Å². The molecule has 4 heteroatoms. The molecule has 98 valence electrons. The van der Waals surface area contributed by atoms with E-state index in [1.807, 2.05) is 20.8 Å². The maximum absolute atomic E-state index is 5.98. The Morgan fingerprint density at radius 3 is 2.35 bits per heavy atom. The molecule has 0 bridgehead atoms. The Morgan fingerprint density at radius 2 is 1.88 bits per heavy atom. The molecule has 0 amide bonds. The molecule has 0 saturated heterocycles. The van der Waals surface area contributed by atoms with E-state index in [0.29, 0.717) is 13.2 Å². The molecule has 2 atom stereocenters. The highest BCUT2D eigenvalue weighted by Gasteiger charge is 2.19. The van der Waals surface area contributed by atoms with E-state index in [-0.39, 0.29) is 18.2 Å². The molecule has 1 aromatic rings. The number of ether oxygens (including phenoxy) is 2. The number of hydrogen-bond acceptors (Lipinski definition) is 4. The van der Waals surface area contributed by atoms with Crippen molar-refractivity contribution < 1.29 is 9.47 Å². The standard InChI is InChI=1S/C13H23NO2S/c1-9(2)15-6-7-16-12(11(4)14)13-10(3)5-8-17-13/h5,8-9,11-12H,6-7,14H2,1-4H3. The quantitative estimate of drug-likeness (QED) is 0.764. The molecule has 0 aromatic carbocycles. The lowest BCUT2D eigenvalue weighted by atomic mass is 10.1. The number of rotatable bonds is 7. The van der Waals surface area contributed by atoms with Gasteiger partial charge in [-0.05, 0) is 44.7 Å². The molecule has 1 heterocycles. The molecule has 1 aromatic heterocycles. The van der Waals surface area contributed by atoms with E-state index in [1.54, 1.807) is 11.3 Å². The number of nitrogens with two attached hydrogens (primary N) is 1. The highest BCUT2D eigenvalue weighted by atomic mass is 32.1. The maximum atomic E-state index is 5.98. The van der Waals surface area contributed by atoms with E-state index in [2.05, 4.69) is 18.4 Å². The highest BCUT2D eigenvalue weighted by Crippen LogP contribution is 2.28. The molecule has 2 unspecified atom stereocenters. The van der Waals surface area contributed by atoms with E-state index in [1.165, 1.54) is 10.4 Å². The molecular weight excluding hydrogens is 234 g/mol. The lowest BCUT2D eigenvalue weighted by Gasteiger charge is -2.21. The molecule has 0 spiro atoms. The Balaban J connectivity index is 2.48. The maximum Gasteiger partial charge on any atom is 0.107 e. The van der Waals surface area contributed by atoms with Crippen LogP contribution in [0.1, 0.15) is 37.3 Å². The smallest absolute Gasteiger partial charge is 0.107 e. The van der Waals surface area contributed by atoms with Crippen LogP contribution in [0.2, 0.25) is 0 Å². The second-order valence-corrected chi connectivity index (χ2v) is 5.49. The summed E-state index contributed by atoms with van der Waals surface area (Å²) in [5.74, 6) is 0. The van der Waals surface area contributed by atoms with Gasteiger partial charge in [0.15, 0.2) is 0 Å². The van der Waals surface area contributed by atoms with Crippen molar-refractivity contribution >= 4 is 11.3 Å². The zero-order valence-corrected chi connectivity index (χ0v) is 11.9. The zero-order valence-electron chi connectivity index (χ0n) is 11.1. The van der Waals surface area contributed by atoms with Crippen LogP contribution in [0.5, 0.6) is 0 Å². The van der Waals surface area contributed by atoms with Gasteiger partial charge in [0.05, 0.1) is 19.3 Å². The molecule has 0 saturated carbocycles. The van der Waals surface area contributed by atoms with Crippen molar-refractivity contribution in [3.05, 3.63) is 21.9 Å². The zero-order chi connectivity index (χ0) is 12.8. The molecule has 0 radical (unpaired) electrons. The summed E-state index contributed by atoms with van der Waals surface area (Å²) in [6, 6.07) is 2.09. The van der Waals surface area contributed by atoms with Crippen LogP contribution in [0.15, 0.2) is 11.4 Å². The summed E-state index contributed by atoms with van der Waals surface area (Å²) < 4.78 is 11.3. The van der Waals surface area contributed by atoms with E-state index in [9.17, 15) is 0 Å². The van der Waals surface area contributed by atoms with Crippen LogP contribution in [0.25, 0.3) is 0 Å². The van der Waals surface area contributed by atoms with E-state index >= 15 is 0 Å². The number of thiophene rings is 1. The van der Waals surface area contributed by atoms with Gasteiger partial charge in [-0.15, -0.1) is 11.3 Å². The van der Waals surface area contributed by atoms with Crippen LogP contribution < -0.4 is 5.73 Å². The second-order valence-electron chi connectivity index (χ2n) is 4.54. The first-order valence-electron chi connectivity index (χ1n) is 6.05. The minimum atomic E-state index is -0.0224. The van der Waals surface area contributed by atoms with Crippen LogP contribution in [0.4, 0.5) is 0 Å². The van der Waals surface area contributed by atoms with Gasteiger partial charge in [0, 0.05) is 10.9 Å². The van der Waals surface area contributed by atoms with Crippen molar-refractivity contribution in [2.45, 2.75) is 45.9 Å². The Kier molecular flexibility index (Phi) is 6.12. The van der Waals surface area contributed by atoms with Crippen LogP contribution >= 0.6 is 11.3 Å². The Labute approximate surface area is 108 Å². The molecular formula is C13H23NO2S. The Hall–Kier alpha value is -0.420. The van der Waals surface area contributed by atoms with Gasteiger partial charge in [-0.2, -0.15) is 0 Å². The van der Waals surface area contributed by atoms with E-state index in [0.717, 1.165) is 0 Å². The fraction of sp³-hybridized carbons (Fsp3) is 0.692. The summed E-state index contributed by atoms with van der Waals surface area (Å²) in [4.78, 5) is 1.23. The third-order valence-corrected chi connectivity index (χ3v) is 3.55. The molecule has 0 fully saturated rings. The lowest BCUT2D eigenvalue weighted by Crippen LogP contribution is -2.28. The van der Waals surface area contributed by atoms with Crippen molar-refractivity contribution in [2.75, 3.05) is 13.2 Å². The fourth-order valence-corrected chi connectivity index (χ4v) is 2.69. The van der Waals surface area contributed by atoms with E-state index in [4.69, 9.17) is 15.2 Å². The Bertz CT molecular complexity index is 323. The van der Waals surface area contributed by atoms with Crippen molar-refractivity contribution in [3.63, 3.8) is 0 Å². The third kappa shape index (κ3) is 4.76. The first kappa shape index (κ1) is 14.6. The largest absolute Gasteiger partial charge is 0.376 e. The van der Waals surface area contributed by atoms with Crippen molar-refractivity contribution in [1.82, 2.24) is 0 Å². The average molecular weight is 257 g/mol. The second kappa shape index (κ2) is 7.11. The molecule has 0 aliphatic carbocycles. The fourth-order valence-electron chi connectivity index (χ4n) is 1.60. The Morgan fingerprint density at radius 1 is 1.24 bits per heavy atom. The lowest BCUT2D eigenvalue weighted by molar-refractivity contribution is -0.0190. The third-order valence-electron chi connectivity index (χ3n) is 2.47. The molecule has 2 N–H and O–H groups in total. The predicted molar refractivity (Wildman–Crippen MR) is 72.5 cm³/mol. The molecule has 1 rings (SSSR count). The van der Waals surface area contributed by atoms with Gasteiger partial charge in [0.1, 0.15) is 6.10 Å². The van der Waals surface area contributed by atoms with Crippen LogP contribution in [0, 0.1) is 6.92 Å². The van der Waals surface area contributed by atoms with Crippen molar-refractivity contribution in [2.24, 2.45) is 5.73 Å². The average Bonchev–Trinajstić information content (AvgIpc) is 2.63. The summed E-state index contributed by atoms with van der Waals surface area (Å²) in [6.45, 7) is 9.31. The highest BCUT2D eigenvalue weighted by molar-refractivity contribution is 7.10. The first-order chi connectivity index (χ1) is 8.02. The van der Waals surface area contributed by atoms with Crippen LogP contribution in [0.3, 0.4) is 0 Å². The first-order valence-corrected chi connectivity index (χ1v) is 6.93. The SMILES string of the molecule is Cc1ccsc1C(OCCOC(C)C)C(C)N. The van der Waals surface area contributed by atoms with Gasteiger partial charge in [-0.25, -0.2) is 0 Å². The van der Waals surface area contributed by atoms with E-state index < -0.39 is 0 Å². The molecule has 3 nitrogen and oxygen atoms in total.